The second-order valence-corrected chi connectivity index (χ2v) is 15.3. The van der Waals surface area contributed by atoms with Gasteiger partial charge in [0.15, 0.2) is 5.82 Å². The van der Waals surface area contributed by atoms with Crippen molar-refractivity contribution in [2.24, 2.45) is 0 Å². The molecule has 7 rings (SSSR count). The molecule has 2 fully saturated rings. The van der Waals surface area contributed by atoms with Gasteiger partial charge in [-0.15, -0.1) is 0 Å². The first-order chi connectivity index (χ1) is 30.1. The van der Waals surface area contributed by atoms with Crippen LogP contribution in [0.3, 0.4) is 0 Å². The average molecular weight is 856 g/mol. The summed E-state index contributed by atoms with van der Waals surface area (Å²) in [7, 11) is 3.29. The number of ether oxygens (including phenoxy) is 4. The molecule has 0 bridgehead atoms. The number of anilines is 5. The molecule has 2 atom stereocenters. The predicted octanol–water partition coefficient (Wildman–Crippen LogP) is 3.03. The summed E-state index contributed by atoms with van der Waals surface area (Å²) in [5, 5.41) is 11.4. The zero-order chi connectivity index (χ0) is 43.8. The van der Waals surface area contributed by atoms with Crippen LogP contribution in [0.2, 0.25) is 0 Å². The van der Waals surface area contributed by atoms with Crippen LogP contribution in [0.4, 0.5) is 28.8 Å². The molecule has 0 radical (unpaired) electrons. The van der Waals surface area contributed by atoms with E-state index in [9.17, 15) is 28.8 Å². The number of nitrogens with one attached hydrogen (secondary N) is 4. The first-order valence-electron chi connectivity index (χ1n) is 21.1. The van der Waals surface area contributed by atoms with Crippen LogP contribution in [0.5, 0.6) is 5.75 Å². The number of amides is 6. The molecule has 0 spiro atoms. The highest BCUT2D eigenvalue weighted by molar-refractivity contribution is 6.25. The Bertz CT molecular complexity index is 2180. The van der Waals surface area contributed by atoms with Crippen molar-refractivity contribution < 1.29 is 47.7 Å². The smallest absolute Gasteiger partial charge is 0.264 e. The standard InChI is InChI=1S/C43H53N9O10/c1-4-31-41(57)50(2)33-25-46-43(49-37(33)51(31)27-8-5-6-9-27)47-29-13-12-26(24-34(29)59-3)38(54)45-17-19-61-21-23-62-22-20-60-18-16-44-30-11-7-10-28-36(30)42(58)52(40(28)56)32-14-15-35(53)48-39(32)55/h7,10-13,24-25,27,31-32,44H,4-6,8-9,14-23H2,1-3H3,(H,45,54)(H,46,47,49)(H,48,53,55)/t31-,32?/m1/s1. The van der Waals surface area contributed by atoms with Gasteiger partial charge in [-0.05, 0) is 56.0 Å². The molecule has 4 heterocycles. The van der Waals surface area contributed by atoms with Crippen LogP contribution in [0.25, 0.3) is 0 Å². The van der Waals surface area contributed by atoms with E-state index < -0.39 is 29.7 Å². The fraction of sp³-hybridized carbons (Fsp3) is 0.488. The van der Waals surface area contributed by atoms with Crippen LogP contribution in [0, 0.1) is 0 Å². The monoisotopic (exact) mass is 855 g/mol. The topological polar surface area (TPSA) is 223 Å². The normalized spacial score (nSPS) is 18.8. The van der Waals surface area contributed by atoms with Crippen LogP contribution >= 0.6 is 0 Å². The first-order valence-corrected chi connectivity index (χ1v) is 21.1. The highest BCUT2D eigenvalue weighted by Gasteiger charge is 2.46. The minimum Gasteiger partial charge on any atom is -0.495 e. The Morgan fingerprint density at radius 3 is 2.32 bits per heavy atom. The Balaban J connectivity index is 0.779. The lowest BCUT2D eigenvalue weighted by Gasteiger charge is -2.43. The van der Waals surface area contributed by atoms with Crippen molar-refractivity contribution in [3.63, 3.8) is 0 Å². The summed E-state index contributed by atoms with van der Waals surface area (Å²) in [6.45, 7) is 4.55. The zero-order valence-electron chi connectivity index (χ0n) is 35.2. The molecule has 3 aromatic rings. The minimum absolute atomic E-state index is 0.0504. The predicted molar refractivity (Wildman–Crippen MR) is 227 cm³/mol. The summed E-state index contributed by atoms with van der Waals surface area (Å²) in [5.74, 6) is -0.934. The van der Waals surface area contributed by atoms with Gasteiger partial charge in [0.2, 0.25) is 23.7 Å². The molecule has 62 heavy (non-hydrogen) atoms. The van der Waals surface area contributed by atoms with Gasteiger partial charge in [0.05, 0.1) is 69.8 Å². The SMILES string of the molecule is CC[C@@H]1C(=O)N(C)c2cnc(Nc3ccc(C(=O)NCCOCCOCCOCCNc4cccc5c4C(=O)N(C4CCC(=O)NC4=O)C5=O)cc3OC)nc2N1C1CCCC1. The van der Waals surface area contributed by atoms with E-state index in [-0.39, 0.29) is 61.0 Å². The summed E-state index contributed by atoms with van der Waals surface area (Å²) in [6.07, 6.45) is 6.79. The fourth-order valence-corrected chi connectivity index (χ4v) is 8.30. The molecule has 3 aliphatic heterocycles. The largest absolute Gasteiger partial charge is 0.495 e. The van der Waals surface area contributed by atoms with Gasteiger partial charge in [0.25, 0.3) is 17.7 Å². The molecule has 6 amide bonds. The van der Waals surface area contributed by atoms with Gasteiger partial charge in [0.1, 0.15) is 23.5 Å². The number of hydrogen-bond donors (Lipinski definition) is 4. The minimum atomic E-state index is -1.03. The Morgan fingerprint density at radius 1 is 0.887 bits per heavy atom. The number of carbonyl (C=O) groups is 6. The number of aromatic nitrogens is 2. The van der Waals surface area contributed by atoms with E-state index in [1.807, 2.05) is 6.92 Å². The Kier molecular flexibility index (Phi) is 14.3. The summed E-state index contributed by atoms with van der Waals surface area (Å²) >= 11 is 0. The molecule has 19 heteroatoms. The third kappa shape index (κ3) is 9.49. The number of piperidine rings is 1. The number of likely N-dealkylation sites (N-methyl/N-ethyl adjacent to an activating group) is 1. The third-order valence-corrected chi connectivity index (χ3v) is 11.4. The molecular formula is C43H53N9O10. The van der Waals surface area contributed by atoms with Crippen LogP contribution in [-0.2, 0) is 28.6 Å². The van der Waals surface area contributed by atoms with Gasteiger partial charge in [-0.1, -0.05) is 25.8 Å². The van der Waals surface area contributed by atoms with Crippen molar-refractivity contribution >= 4 is 64.3 Å². The van der Waals surface area contributed by atoms with Crippen LogP contribution in [-0.4, -0.2) is 135 Å². The summed E-state index contributed by atoms with van der Waals surface area (Å²) in [6, 6.07) is 8.89. The second kappa shape index (κ2) is 20.1. The van der Waals surface area contributed by atoms with Crippen molar-refractivity contribution in [2.45, 2.75) is 70.0 Å². The van der Waals surface area contributed by atoms with Gasteiger partial charge in [-0.2, -0.15) is 4.98 Å². The van der Waals surface area contributed by atoms with Gasteiger partial charge in [-0.25, -0.2) is 4.98 Å². The maximum Gasteiger partial charge on any atom is 0.264 e. The summed E-state index contributed by atoms with van der Waals surface area (Å²) in [4.78, 5) is 90.6. The fourth-order valence-electron chi connectivity index (χ4n) is 8.30. The highest BCUT2D eigenvalue weighted by Crippen LogP contribution is 2.40. The quantitative estimate of drug-likeness (QED) is 0.0948. The number of carbonyl (C=O) groups excluding carboxylic acids is 6. The lowest BCUT2D eigenvalue weighted by Crippen LogP contribution is -2.55. The molecule has 1 saturated heterocycles. The Morgan fingerprint density at radius 2 is 1.61 bits per heavy atom. The van der Waals surface area contributed by atoms with E-state index >= 15 is 0 Å². The van der Waals surface area contributed by atoms with Crippen molar-refractivity contribution in [1.82, 2.24) is 25.5 Å². The van der Waals surface area contributed by atoms with Crippen LogP contribution in [0.15, 0.2) is 42.6 Å². The van der Waals surface area contributed by atoms with Gasteiger partial charge in [-0.3, -0.25) is 39.0 Å². The van der Waals surface area contributed by atoms with E-state index in [0.717, 1.165) is 36.4 Å². The van der Waals surface area contributed by atoms with Crippen molar-refractivity contribution in [1.29, 1.82) is 0 Å². The van der Waals surface area contributed by atoms with Gasteiger partial charge in [0, 0.05) is 43.9 Å². The van der Waals surface area contributed by atoms with Crippen molar-refractivity contribution in [3.8, 4) is 5.75 Å². The molecule has 19 nitrogen and oxygen atoms in total. The van der Waals surface area contributed by atoms with Crippen LogP contribution < -0.4 is 35.8 Å². The van der Waals surface area contributed by atoms with Gasteiger partial charge >= 0.3 is 0 Å². The van der Waals surface area contributed by atoms with E-state index in [4.69, 9.17) is 23.9 Å². The molecule has 1 unspecified atom stereocenters. The van der Waals surface area contributed by atoms with E-state index in [1.54, 1.807) is 54.5 Å². The molecule has 1 saturated carbocycles. The molecule has 1 aliphatic carbocycles. The highest BCUT2D eigenvalue weighted by atomic mass is 16.5. The van der Waals surface area contributed by atoms with Gasteiger partial charge < -0.3 is 44.7 Å². The molecule has 330 valence electrons. The number of rotatable bonds is 20. The number of methoxy groups -OCH3 is 1. The molecular weight excluding hydrogens is 803 g/mol. The number of imide groups is 2. The molecule has 1 aromatic heterocycles. The molecule has 4 N–H and O–H groups in total. The van der Waals surface area contributed by atoms with Crippen molar-refractivity contribution in [2.75, 3.05) is 87.3 Å². The van der Waals surface area contributed by atoms with E-state index in [0.29, 0.717) is 80.3 Å². The third-order valence-electron chi connectivity index (χ3n) is 11.4. The van der Waals surface area contributed by atoms with E-state index in [2.05, 4.69) is 31.2 Å². The Labute approximate surface area is 359 Å². The van der Waals surface area contributed by atoms with E-state index in [1.165, 1.54) is 7.11 Å². The molecule has 4 aliphatic rings. The lowest BCUT2D eigenvalue weighted by atomic mass is 10.0. The second-order valence-electron chi connectivity index (χ2n) is 15.3. The Hall–Kier alpha value is -6.18. The lowest BCUT2D eigenvalue weighted by molar-refractivity contribution is -0.136. The van der Waals surface area contributed by atoms with Crippen molar-refractivity contribution in [3.05, 3.63) is 59.3 Å². The number of nitrogens with zero attached hydrogens (tertiary/aromatic N) is 5. The maximum atomic E-state index is 13.2. The first kappa shape index (κ1) is 43.9. The number of benzene rings is 2. The average Bonchev–Trinajstić information content (AvgIpc) is 3.90. The van der Waals surface area contributed by atoms with Crippen LogP contribution in [0.1, 0.15) is 82.9 Å². The number of hydrogen-bond acceptors (Lipinski definition) is 15. The maximum absolute atomic E-state index is 13.2. The summed E-state index contributed by atoms with van der Waals surface area (Å²) in [5.41, 5.74) is 2.52. The summed E-state index contributed by atoms with van der Waals surface area (Å²) < 4.78 is 22.4. The molecule has 2 aromatic carbocycles. The zero-order valence-corrected chi connectivity index (χ0v) is 35.2. The number of fused-ring (bicyclic) bond motifs is 2.